The molecule has 8 saturated heterocycles. The van der Waals surface area contributed by atoms with Crippen LogP contribution in [-0.4, -0.2) is 216 Å². The van der Waals surface area contributed by atoms with Crippen molar-refractivity contribution in [2.24, 2.45) is 164 Å². The molecule has 1 aromatic carbocycles. The van der Waals surface area contributed by atoms with Gasteiger partial charge in [0.15, 0.2) is 0 Å². The van der Waals surface area contributed by atoms with Crippen molar-refractivity contribution < 1.29 is 42.9 Å². The van der Waals surface area contributed by atoms with Crippen LogP contribution in [-0.2, 0) is 49.3 Å². The third-order valence-electron chi connectivity index (χ3n) is 50.9. The summed E-state index contributed by atoms with van der Waals surface area (Å²) in [5, 5.41) is 0. The Morgan fingerprint density at radius 3 is 1.03 bits per heavy atom. The van der Waals surface area contributed by atoms with E-state index >= 15 is 0 Å². The first-order valence-corrected chi connectivity index (χ1v) is 62.4. The standard InChI is InChI=1S/C40H58N2O3.C32H52N2O2.C31H49NO2.C29H45NO2/c1-26-21-36-38(42(25-26)20-19-41(5)37(44)14-11-29-9-7-6-8-10-29)28(3)40(45-36)18-16-32-33-13-12-30-22-31(43)15-17-39(30,4)35(33)23-34(32)27(2)24-40;1-20-15-29-30(34(19-20)14-13-33(5)6)22(3)32(36-29)12-10-25-26-8-7-23-16-24(35)9-11-31(23,4)28(26)17-27(25)21(2)18-32;1-18(2)32-17-19(3)13-28-29(32)21(5)31(34-28)12-10-24-25-8-7-22-14-23(33)9-11-30(22,6)27(25)15-26(24)20(4)16-31;1-17-12-26-27(30(5)16-17)19(3)29(32-26)11-9-22-23-7-6-20-13-21(31)8-10-28(20,4)25(23)14-24(22)18(2)15-29/h6-10,26,28,30,32-33,35-36,38H,11-25H2,1-5H3;20,22-23,25-26,28-30H,7-19H2,1-6H3;18-19,21-22,24-25,27-29H,7-17H2,1-6H3;17,19-20,22-23,25-27H,6-16H2,1-5H3/t26-,28+,30+,32-,33-,35-,36+,38-,39-,40-;20-,22+,23+,25-,26-,28-,29+,30-,31-,32-;19-,21+,22+,24-,25-,27-,28+,29-,30-,31-;17-,19+,20+,22-,23-,25-,26+,27-,28-,29-/m0000/s1. The number of benzene rings is 1. The number of likely N-dealkylation sites (N-methyl/N-ethyl adjacent to an activating group) is 3. The van der Waals surface area contributed by atoms with E-state index in [9.17, 15) is 24.0 Å². The van der Waals surface area contributed by atoms with E-state index in [1.165, 1.54) is 173 Å². The second kappa shape index (κ2) is 41.1. The lowest BCUT2D eigenvalue weighted by Crippen LogP contribution is -2.54. The summed E-state index contributed by atoms with van der Waals surface area (Å²) in [7, 11) is 8.72. The van der Waals surface area contributed by atoms with Gasteiger partial charge < -0.3 is 33.6 Å². The first kappa shape index (κ1) is 107. The Kier molecular flexibility index (Phi) is 30.0. The zero-order chi connectivity index (χ0) is 103. The van der Waals surface area contributed by atoms with E-state index < -0.39 is 0 Å². The largest absolute Gasteiger partial charge is 0.369 e. The molecule has 0 radical (unpaired) electrons. The predicted octanol–water partition coefficient (Wildman–Crippen LogP) is 26.3. The molecule has 4 spiro atoms. The first-order chi connectivity index (χ1) is 70.0. The molecule has 147 heavy (non-hydrogen) atoms. The monoisotopic (exact) mass is 2020 g/mol. The number of ketones is 4. The summed E-state index contributed by atoms with van der Waals surface area (Å²) in [5.74, 6) is 19.6. The number of ether oxygens (including phenoxy) is 4. The minimum Gasteiger partial charge on any atom is -0.369 e. The fraction of sp³-hybridized carbons (Fsp3) is 0.856. The topological polar surface area (TPSA) is 142 Å². The number of allylic oxidation sites excluding steroid dienone is 4. The molecule has 0 N–H and O–H groups in total. The second-order valence-electron chi connectivity index (χ2n) is 59.2. The van der Waals surface area contributed by atoms with E-state index in [1.54, 1.807) is 27.9 Å². The molecule has 1 amide bonds. The number of piperidine rings is 4. The first-order valence-electron chi connectivity index (χ1n) is 62.4. The van der Waals surface area contributed by atoms with Gasteiger partial charge in [-0.25, -0.2) is 0 Å². The predicted molar refractivity (Wildman–Crippen MR) is 591 cm³/mol. The number of Topliss-reactive ketones (excluding diaryl/α,β-unsaturated/α-hetero) is 4. The van der Waals surface area contributed by atoms with Gasteiger partial charge >= 0.3 is 0 Å². The number of nitrogens with zero attached hydrogens (tertiary/aromatic N) is 6. The molecule has 0 bridgehead atoms. The lowest BCUT2D eigenvalue weighted by molar-refractivity contribution is -0.131. The van der Waals surface area contributed by atoms with Crippen LogP contribution in [0.25, 0.3) is 0 Å². The van der Waals surface area contributed by atoms with Gasteiger partial charge in [0.2, 0.25) is 5.91 Å². The van der Waals surface area contributed by atoms with Crippen LogP contribution in [0.2, 0.25) is 0 Å². The highest BCUT2D eigenvalue weighted by molar-refractivity contribution is 5.81. The van der Waals surface area contributed by atoms with Crippen molar-refractivity contribution in [2.75, 3.05) is 80.5 Å². The summed E-state index contributed by atoms with van der Waals surface area (Å²) < 4.78 is 28.9. The molecule has 24 aliphatic rings. The van der Waals surface area contributed by atoms with Crippen LogP contribution >= 0.6 is 0 Å². The molecule has 15 nitrogen and oxygen atoms in total. The second-order valence-corrected chi connectivity index (χ2v) is 59.2. The maximum atomic E-state index is 13.0. The van der Waals surface area contributed by atoms with Crippen molar-refractivity contribution >= 4 is 29.0 Å². The number of fused-ring (bicyclic) bond motifs is 24. The fourth-order valence-corrected chi connectivity index (χ4v) is 43.0. The van der Waals surface area contributed by atoms with Crippen molar-refractivity contribution in [3.63, 3.8) is 0 Å². The van der Waals surface area contributed by atoms with Crippen molar-refractivity contribution in [3.05, 3.63) is 80.5 Å². The van der Waals surface area contributed by atoms with Gasteiger partial charge in [-0.1, -0.05) is 158 Å². The number of hydrogen-bond donors (Lipinski definition) is 0. The number of hydrogen-bond acceptors (Lipinski definition) is 14. The normalized spacial score (nSPS) is 48.2. The zero-order valence-corrected chi connectivity index (χ0v) is 96.7. The average molecular weight is 2020 g/mol. The van der Waals surface area contributed by atoms with Gasteiger partial charge in [-0.2, -0.15) is 0 Å². The van der Waals surface area contributed by atoms with Crippen LogP contribution in [0.1, 0.15) is 393 Å². The van der Waals surface area contributed by atoms with Gasteiger partial charge in [0.25, 0.3) is 0 Å². The van der Waals surface area contributed by atoms with E-state index in [4.69, 9.17) is 18.9 Å². The van der Waals surface area contributed by atoms with Gasteiger partial charge in [-0.05, 0) is 420 Å². The summed E-state index contributed by atoms with van der Waals surface area (Å²) in [6, 6.07) is 13.2. The van der Waals surface area contributed by atoms with E-state index in [1.807, 2.05) is 34.7 Å². The van der Waals surface area contributed by atoms with E-state index in [2.05, 4.69) is 195 Å². The lowest BCUT2D eigenvalue weighted by atomic mass is 9.52. The van der Waals surface area contributed by atoms with Crippen molar-refractivity contribution in [1.29, 1.82) is 0 Å². The molecule has 8 heterocycles. The molecule has 25 rings (SSSR count). The molecule has 8 aliphatic heterocycles. The summed E-state index contributed by atoms with van der Waals surface area (Å²) in [6.45, 7) is 53.4. The highest BCUT2D eigenvalue weighted by Crippen LogP contribution is 2.72. The third kappa shape index (κ3) is 19.0. The Balaban J connectivity index is 0.000000112. The summed E-state index contributed by atoms with van der Waals surface area (Å²) in [4.78, 5) is 77.3. The maximum absolute atomic E-state index is 13.0. The minimum atomic E-state index is -0.0651. The molecular formula is C132H204N6O9. The number of carbonyl (C=O) groups is 5. The lowest BCUT2D eigenvalue weighted by Gasteiger charge is -2.52. The summed E-state index contributed by atoms with van der Waals surface area (Å²) in [6.07, 6.45) is 49.5. The summed E-state index contributed by atoms with van der Waals surface area (Å²) in [5.41, 5.74) is 16.8. The molecule has 1 aromatic rings. The minimum absolute atomic E-state index is 0.0328. The Labute approximate surface area is 891 Å². The Morgan fingerprint density at radius 2 is 0.687 bits per heavy atom. The zero-order valence-electron chi connectivity index (χ0n) is 96.7. The van der Waals surface area contributed by atoms with E-state index in [-0.39, 0.29) is 28.3 Å². The highest BCUT2D eigenvalue weighted by atomic mass is 16.5. The van der Waals surface area contributed by atoms with Crippen LogP contribution in [0, 0.1) is 164 Å². The molecule has 0 aromatic heterocycles. The molecule has 15 heteroatoms. The van der Waals surface area contributed by atoms with Gasteiger partial charge in [0.05, 0.1) is 46.8 Å². The molecular weight excluding hydrogens is 1810 g/mol. The van der Waals surface area contributed by atoms with Crippen molar-refractivity contribution in [3.8, 4) is 0 Å². The molecule has 816 valence electrons. The van der Waals surface area contributed by atoms with Crippen LogP contribution in [0.5, 0.6) is 0 Å². The van der Waals surface area contributed by atoms with Crippen LogP contribution in [0.3, 0.4) is 0 Å². The molecule has 40 atom stereocenters. The SMILES string of the molecule is CC1=C2C[C@H]3[C@@H](CC[C@@H]4CC(=O)CC[C@@]43C)[C@@H]2CC[C@@]2(C1)O[C@@H]1C[C@H](C)CN(C(C)C)[C@H]1[C@H]2C.CC1=C2C[C@H]3[C@@H](CC[C@@H]4CC(=O)CC[C@@]43C)[C@@H]2CC[C@@]2(C1)O[C@@H]1C[C@H](C)CN(C)[C@H]1[C@H]2C.CC1=C2C[C@H]3[C@@H](CC[C@@H]4CC(=O)CC[C@@]43C)[C@@H]2CC[C@@]2(C1)O[C@@H]1C[C@H](C)CN(CCN(C)C(=O)CCc3ccccc3)[C@H]1[C@H]2C.CC1=C2C[C@H]3[C@@H](CC[C@@H]4CC(=O)CC[C@@]43C)[C@@H]2CC[C@@]2(C1)O[C@@H]1C[C@H](C)CN(CCN(C)C)[C@H]1[C@H]2C. The smallest absolute Gasteiger partial charge is 0.222 e. The Bertz CT molecular complexity index is 5170. The van der Waals surface area contributed by atoms with Gasteiger partial charge in [-0.3, -0.25) is 38.7 Å². The Hall–Kier alpha value is -4.03. The fourth-order valence-electron chi connectivity index (χ4n) is 43.0. The average Bonchev–Trinajstić information content (AvgIpc) is 1.55. The van der Waals surface area contributed by atoms with E-state index in [0.717, 1.165) is 231 Å². The number of amides is 1. The quantitative estimate of drug-likeness (QED) is 0.205. The van der Waals surface area contributed by atoms with Crippen molar-refractivity contribution in [1.82, 2.24) is 29.4 Å². The van der Waals surface area contributed by atoms with E-state index in [0.29, 0.717) is 165 Å². The maximum Gasteiger partial charge on any atom is 0.222 e. The van der Waals surface area contributed by atoms with Crippen molar-refractivity contribution in [2.45, 2.75) is 471 Å². The third-order valence-corrected chi connectivity index (χ3v) is 50.9. The number of likely N-dealkylation sites (tertiary alicyclic amines) is 4. The summed E-state index contributed by atoms with van der Waals surface area (Å²) >= 11 is 0. The highest BCUT2D eigenvalue weighted by Gasteiger charge is 2.68. The Morgan fingerprint density at radius 1 is 0.381 bits per heavy atom. The van der Waals surface area contributed by atoms with Crippen LogP contribution in [0.4, 0.5) is 0 Å². The number of aryl methyl sites for hydroxylation is 1. The van der Waals surface area contributed by atoms with Crippen LogP contribution < -0.4 is 0 Å². The molecule has 16 aliphatic carbocycles. The molecule has 12 saturated carbocycles. The number of carbonyl (C=O) groups excluding carboxylic acids is 5. The van der Waals surface area contributed by atoms with Gasteiger partial charge in [-0.15, -0.1) is 0 Å². The van der Waals surface area contributed by atoms with Gasteiger partial charge in [0, 0.05) is 171 Å². The molecule has 0 unspecified atom stereocenters. The van der Waals surface area contributed by atoms with Crippen LogP contribution in [0.15, 0.2) is 74.9 Å². The van der Waals surface area contributed by atoms with Gasteiger partial charge in [0.1, 0.15) is 23.1 Å². The number of rotatable bonds is 10. The molecule has 20 fully saturated rings.